The molecule has 0 radical (unpaired) electrons. The summed E-state index contributed by atoms with van der Waals surface area (Å²) >= 11 is 0. The van der Waals surface area contributed by atoms with Gasteiger partial charge >= 0.3 is 0 Å². The molecule has 0 aliphatic heterocycles. The second-order valence-corrected chi connectivity index (χ2v) is 4.97. The number of rotatable bonds is 5. The lowest BCUT2D eigenvalue weighted by Crippen LogP contribution is -2.38. The van der Waals surface area contributed by atoms with E-state index in [1.165, 1.54) is 6.07 Å². The number of carbonyl (C=O) groups is 1. The molecule has 0 saturated heterocycles. The zero-order valence-corrected chi connectivity index (χ0v) is 12.2. The third-order valence-electron chi connectivity index (χ3n) is 3.48. The fourth-order valence-electron chi connectivity index (χ4n) is 2.06. The van der Waals surface area contributed by atoms with Crippen LogP contribution in [0.1, 0.15) is 36.3 Å². The van der Waals surface area contributed by atoms with Gasteiger partial charge in [0.15, 0.2) is 0 Å². The average Bonchev–Trinajstić information content (AvgIpc) is 2.52. The molecule has 5 nitrogen and oxygen atoms in total. The van der Waals surface area contributed by atoms with Crippen LogP contribution in [0.5, 0.6) is 0 Å². The number of carbonyl (C=O) groups excluding carboxylic acids is 1. The van der Waals surface area contributed by atoms with Crippen molar-refractivity contribution in [3.63, 3.8) is 0 Å². The Morgan fingerprint density at radius 1 is 1.29 bits per heavy atom. The molecule has 2 heterocycles. The van der Waals surface area contributed by atoms with Crippen molar-refractivity contribution in [2.45, 2.75) is 32.9 Å². The number of pyridine rings is 2. The summed E-state index contributed by atoms with van der Waals surface area (Å²) in [5.41, 5.74) is 1.06. The van der Waals surface area contributed by atoms with Gasteiger partial charge < -0.3 is 9.88 Å². The van der Waals surface area contributed by atoms with Gasteiger partial charge in [-0.15, -0.1) is 0 Å². The largest absolute Gasteiger partial charge is 0.330 e. The summed E-state index contributed by atoms with van der Waals surface area (Å²) in [6.07, 6.45) is 4.26. The van der Waals surface area contributed by atoms with Crippen LogP contribution in [0.3, 0.4) is 0 Å². The van der Waals surface area contributed by atoms with Gasteiger partial charge in [0.25, 0.3) is 5.91 Å². The quantitative estimate of drug-likeness (QED) is 0.916. The van der Waals surface area contributed by atoms with E-state index in [4.69, 9.17) is 0 Å². The molecule has 0 unspecified atom stereocenters. The Morgan fingerprint density at radius 3 is 2.62 bits per heavy atom. The van der Waals surface area contributed by atoms with E-state index in [-0.39, 0.29) is 17.5 Å². The highest BCUT2D eigenvalue weighted by Gasteiger charge is 2.21. The highest BCUT2D eigenvalue weighted by Crippen LogP contribution is 2.13. The van der Waals surface area contributed by atoms with Gasteiger partial charge in [0.1, 0.15) is 5.69 Å². The number of hydrogen-bond acceptors (Lipinski definition) is 3. The van der Waals surface area contributed by atoms with Crippen molar-refractivity contribution in [3.05, 3.63) is 64.3 Å². The molecule has 2 aromatic rings. The summed E-state index contributed by atoms with van der Waals surface area (Å²) in [6, 6.07) is 8.47. The lowest BCUT2D eigenvalue weighted by Gasteiger charge is -2.28. The molecule has 5 heteroatoms. The number of aromatic nitrogens is 2. The lowest BCUT2D eigenvalue weighted by molar-refractivity contribution is 0.0665. The molecule has 1 amide bonds. The second kappa shape index (κ2) is 6.83. The molecule has 21 heavy (non-hydrogen) atoms. The van der Waals surface area contributed by atoms with Crippen molar-refractivity contribution < 1.29 is 4.79 Å². The standard InChI is InChI=1S/C16H19N3O2/c1-3-12(2)19(11-13-7-9-17-10-8-13)16(21)14-5-4-6-15(20)18-14/h4-10,12H,3,11H2,1-2H3,(H,18,20)/t12-/m0/s1. The Labute approximate surface area is 123 Å². The van der Waals surface area contributed by atoms with Crippen LogP contribution in [0, 0.1) is 0 Å². The normalized spacial score (nSPS) is 11.9. The summed E-state index contributed by atoms with van der Waals surface area (Å²) in [7, 11) is 0. The molecule has 0 bridgehead atoms. The Hall–Kier alpha value is -2.43. The molecule has 0 aromatic carbocycles. The van der Waals surface area contributed by atoms with E-state index in [2.05, 4.69) is 9.97 Å². The highest BCUT2D eigenvalue weighted by atomic mass is 16.2. The Morgan fingerprint density at radius 2 is 2.00 bits per heavy atom. The minimum absolute atomic E-state index is 0.0781. The predicted octanol–water partition coefficient (Wildman–Crippen LogP) is 2.21. The van der Waals surface area contributed by atoms with E-state index in [1.807, 2.05) is 26.0 Å². The maximum atomic E-state index is 12.6. The molecule has 0 aliphatic rings. The van der Waals surface area contributed by atoms with Crippen LogP contribution in [-0.2, 0) is 6.54 Å². The fourth-order valence-corrected chi connectivity index (χ4v) is 2.06. The Kier molecular flexibility index (Phi) is 4.87. The van der Waals surface area contributed by atoms with Crippen LogP contribution in [0.25, 0.3) is 0 Å². The van der Waals surface area contributed by atoms with E-state index in [0.29, 0.717) is 12.2 Å². The van der Waals surface area contributed by atoms with E-state index >= 15 is 0 Å². The van der Waals surface area contributed by atoms with Gasteiger partial charge in [-0.05, 0) is 37.1 Å². The van der Waals surface area contributed by atoms with Crippen molar-refractivity contribution >= 4 is 5.91 Å². The number of amides is 1. The molecule has 0 spiro atoms. The molecular weight excluding hydrogens is 266 g/mol. The number of aromatic amines is 1. The van der Waals surface area contributed by atoms with Crippen LogP contribution in [0.4, 0.5) is 0 Å². The second-order valence-electron chi connectivity index (χ2n) is 4.97. The third-order valence-corrected chi connectivity index (χ3v) is 3.48. The van der Waals surface area contributed by atoms with Gasteiger partial charge in [0.2, 0.25) is 5.56 Å². The number of nitrogens with zero attached hydrogens (tertiary/aromatic N) is 2. The minimum atomic E-state index is -0.270. The maximum Gasteiger partial charge on any atom is 0.270 e. The molecule has 110 valence electrons. The van der Waals surface area contributed by atoms with Crippen molar-refractivity contribution in [1.29, 1.82) is 0 Å². The summed E-state index contributed by atoms with van der Waals surface area (Å²) < 4.78 is 0. The number of nitrogens with one attached hydrogen (secondary N) is 1. The van der Waals surface area contributed by atoms with Crippen molar-refractivity contribution in [1.82, 2.24) is 14.9 Å². The molecule has 1 atom stereocenters. The molecule has 0 saturated carbocycles. The minimum Gasteiger partial charge on any atom is -0.330 e. The van der Waals surface area contributed by atoms with Crippen molar-refractivity contribution in [2.24, 2.45) is 0 Å². The molecule has 2 aromatic heterocycles. The summed E-state index contributed by atoms with van der Waals surface area (Å²) in [4.78, 5) is 32.4. The first-order chi connectivity index (χ1) is 10.1. The van der Waals surface area contributed by atoms with Gasteiger partial charge in [0, 0.05) is 31.0 Å². The highest BCUT2D eigenvalue weighted by molar-refractivity contribution is 5.92. The number of H-pyrrole nitrogens is 1. The van der Waals surface area contributed by atoms with E-state index in [9.17, 15) is 9.59 Å². The SMILES string of the molecule is CC[C@H](C)N(Cc1ccncc1)C(=O)c1cccc(=O)[nH]1. The first kappa shape index (κ1) is 15.0. The van der Waals surface area contributed by atoms with Crippen molar-refractivity contribution in [3.8, 4) is 0 Å². The molecule has 2 rings (SSSR count). The predicted molar refractivity (Wildman–Crippen MR) is 80.9 cm³/mol. The molecular formula is C16H19N3O2. The van der Waals surface area contributed by atoms with Crippen LogP contribution in [-0.4, -0.2) is 26.8 Å². The fraction of sp³-hybridized carbons (Fsp3) is 0.312. The molecule has 1 N–H and O–H groups in total. The Bertz CT molecular complexity index is 652. The van der Waals surface area contributed by atoms with Gasteiger partial charge in [-0.3, -0.25) is 14.6 Å². The van der Waals surface area contributed by atoms with E-state index in [0.717, 1.165) is 12.0 Å². The Balaban J connectivity index is 2.27. The summed E-state index contributed by atoms with van der Waals surface area (Å²) in [5.74, 6) is -0.168. The van der Waals surface area contributed by atoms with Crippen LogP contribution < -0.4 is 5.56 Å². The number of hydrogen-bond donors (Lipinski definition) is 1. The third kappa shape index (κ3) is 3.78. The monoisotopic (exact) mass is 285 g/mol. The molecule has 0 fully saturated rings. The van der Waals surface area contributed by atoms with Gasteiger partial charge in [-0.25, -0.2) is 0 Å². The molecule has 0 aliphatic carbocycles. The van der Waals surface area contributed by atoms with Gasteiger partial charge in [-0.2, -0.15) is 0 Å². The van der Waals surface area contributed by atoms with Crippen molar-refractivity contribution in [2.75, 3.05) is 0 Å². The summed E-state index contributed by atoms with van der Waals surface area (Å²) in [6.45, 7) is 4.53. The zero-order chi connectivity index (χ0) is 15.2. The van der Waals surface area contributed by atoms with Crippen LogP contribution in [0.2, 0.25) is 0 Å². The van der Waals surface area contributed by atoms with Crippen LogP contribution >= 0.6 is 0 Å². The summed E-state index contributed by atoms with van der Waals surface area (Å²) in [5, 5.41) is 0. The first-order valence-electron chi connectivity index (χ1n) is 7.01. The van der Waals surface area contributed by atoms with Gasteiger partial charge in [-0.1, -0.05) is 13.0 Å². The first-order valence-corrected chi connectivity index (χ1v) is 7.01. The van der Waals surface area contributed by atoms with E-state index < -0.39 is 0 Å². The van der Waals surface area contributed by atoms with Crippen LogP contribution in [0.15, 0.2) is 47.5 Å². The lowest BCUT2D eigenvalue weighted by atomic mass is 10.1. The van der Waals surface area contributed by atoms with E-state index in [1.54, 1.807) is 29.4 Å². The topological polar surface area (TPSA) is 66.1 Å². The zero-order valence-electron chi connectivity index (χ0n) is 12.2. The average molecular weight is 285 g/mol. The maximum absolute atomic E-state index is 12.6. The van der Waals surface area contributed by atoms with Gasteiger partial charge in [0.05, 0.1) is 0 Å². The smallest absolute Gasteiger partial charge is 0.270 e.